The minimum atomic E-state index is 0.0859. The van der Waals surface area contributed by atoms with Gasteiger partial charge in [0.25, 0.3) is 0 Å². The normalized spacial score (nSPS) is 13.9. The summed E-state index contributed by atoms with van der Waals surface area (Å²) in [6.07, 6.45) is 1.25. The van der Waals surface area contributed by atoms with E-state index in [9.17, 15) is 9.59 Å². The van der Waals surface area contributed by atoms with E-state index >= 15 is 0 Å². The van der Waals surface area contributed by atoms with E-state index in [2.05, 4.69) is 16.8 Å². The van der Waals surface area contributed by atoms with Crippen molar-refractivity contribution in [2.45, 2.75) is 24.1 Å². The number of amides is 1. The standard InChI is InChI=1S/C25H26ClN3O2S2/c1-2-18-7-9-19(10-8-18)23(30)17-33-25-27-20(16-32-25)15-24(31)29-13-11-28(12-14-29)22-6-4-3-5-21(22)26/h3-10,16H,2,11-15,17H2,1H3. The van der Waals surface area contributed by atoms with Gasteiger partial charge in [0.2, 0.25) is 5.91 Å². The third kappa shape index (κ3) is 6.16. The smallest absolute Gasteiger partial charge is 0.228 e. The van der Waals surface area contributed by atoms with Crippen LogP contribution in [-0.4, -0.2) is 53.5 Å². The monoisotopic (exact) mass is 499 g/mol. The van der Waals surface area contributed by atoms with Crippen molar-refractivity contribution in [2.24, 2.45) is 0 Å². The van der Waals surface area contributed by atoms with Crippen LogP contribution in [0.15, 0.2) is 58.3 Å². The number of Topliss-reactive ketones (excluding diaryl/α,β-unsaturated/α-hetero) is 1. The van der Waals surface area contributed by atoms with Gasteiger partial charge in [-0.25, -0.2) is 4.98 Å². The molecule has 3 aromatic rings. The van der Waals surface area contributed by atoms with Crippen LogP contribution in [0.5, 0.6) is 0 Å². The number of hydrogen-bond acceptors (Lipinski definition) is 6. The van der Waals surface area contributed by atoms with E-state index in [1.54, 1.807) is 0 Å². The first kappa shape index (κ1) is 23.8. The first-order valence-electron chi connectivity index (χ1n) is 11.0. The lowest BCUT2D eigenvalue weighted by Crippen LogP contribution is -2.49. The Labute approximate surface area is 207 Å². The second kappa shape index (κ2) is 11.2. The second-order valence-electron chi connectivity index (χ2n) is 7.86. The number of aromatic nitrogens is 1. The molecule has 172 valence electrons. The van der Waals surface area contributed by atoms with Crippen LogP contribution in [0.3, 0.4) is 0 Å². The highest BCUT2D eigenvalue weighted by Crippen LogP contribution is 2.27. The van der Waals surface area contributed by atoms with Crippen LogP contribution in [0.1, 0.15) is 28.5 Å². The van der Waals surface area contributed by atoms with Gasteiger partial charge in [0, 0.05) is 37.1 Å². The van der Waals surface area contributed by atoms with Crippen molar-refractivity contribution < 1.29 is 9.59 Å². The molecule has 0 saturated carbocycles. The Morgan fingerprint density at radius 1 is 1.06 bits per heavy atom. The third-order valence-corrected chi connectivity index (χ3v) is 8.09. The maximum absolute atomic E-state index is 12.8. The number of carbonyl (C=O) groups is 2. The van der Waals surface area contributed by atoms with Gasteiger partial charge in [-0.2, -0.15) is 0 Å². The number of piperazine rings is 1. The fraction of sp³-hybridized carbons (Fsp3) is 0.320. The molecule has 0 bridgehead atoms. The summed E-state index contributed by atoms with van der Waals surface area (Å²) >= 11 is 9.22. The summed E-state index contributed by atoms with van der Waals surface area (Å²) in [6, 6.07) is 15.6. The zero-order valence-corrected chi connectivity index (χ0v) is 20.9. The zero-order chi connectivity index (χ0) is 23.2. The van der Waals surface area contributed by atoms with Crippen molar-refractivity contribution in [2.75, 3.05) is 36.8 Å². The van der Waals surface area contributed by atoms with E-state index in [1.807, 2.05) is 58.8 Å². The Bertz CT molecular complexity index is 1110. The minimum absolute atomic E-state index is 0.0859. The van der Waals surface area contributed by atoms with Crippen LogP contribution >= 0.6 is 34.7 Å². The van der Waals surface area contributed by atoms with E-state index in [4.69, 9.17) is 11.6 Å². The average Bonchev–Trinajstić information content (AvgIpc) is 3.30. The number of nitrogens with zero attached hydrogens (tertiary/aromatic N) is 3. The largest absolute Gasteiger partial charge is 0.367 e. The van der Waals surface area contributed by atoms with Gasteiger partial charge in [0.15, 0.2) is 10.1 Å². The van der Waals surface area contributed by atoms with Crippen molar-refractivity contribution in [3.05, 3.63) is 75.8 Å². The molecule has 1 saturated heterocycles. The molecule has 1 aromatic heterocycles. The number of hydrogen-bond donors (Lipinski definition) is 0. The fourth-order valence-corrected chi connectivity index (χ4v) is 5.74. The molecule has 33 heavy (non-hydrogen) atoms. The lowest BCUT2D eigenvalue weighted by atomic mass is 10.1. The maximum Gasteiger partial charge on any atom is 0.228 e. The Hall–Kier alpha value is -2.35. The Morgan fingerprint density at radius 3 is 2.48 bits per heavy atom. The highest BCUT2D eigenvalue weighted by atomic mass is 35.5. The summed E-state index contributed by atoms with van der Waals surface area (Å²) in [6.45, 7) is 4.95. The number of anilines is 1. The Kier molecular flexibility index (Phi) is 8.06. The number of aryl methyl sites for hydroxylation is 1. The number of carbonyl (C=O) groups excluding carboxylic acids is 2. The molecule has 0 aliphatic carbocycles. The lowest BCUT2D eigenvalue weighted by molar-refractivity contribution is -0.130. The SMILES string of the molecule is CCc1ccc(C(=O)CSc2nc(CC(=O)N3CCN(c4ccccc4Cl)CC3)cs2)cc1. The van der Waals surface area contributed by atoms with Crippen LogP contribution in [0, 0.1) is 0 Å². The van der Waals surface area contributed by atoms with Crippen molar-refractivity contribution in [3.63, 3.8) is 0 Å². The number of para-hydroxylation sites is 1. The Balaban J connectivity index is 1.25. The molecule has 1 aliphatic heterocycles. The van der Waals surface area contributed by atoms with Crippen molar-refractivity contribution in [3.8, 4) is 0 Å². The summed E-state index contributed by atoms with van der Waals surface area (Å²) in [7, 11) is 0. The van der Waals surface area contributed by atoms with Crippen LogP contribution in [0.25, 0.3) is 0 Å². The van der Waals surface area contributed by atoms with Crippen LogP contribution in [-0.2, 0) is 17.6 Å². The van der Waals surface area contributed by atoms with Gasteiger partial charge >= 0.3 is 0 Å². The highest BCUT2D eigenvalue weighted by molar-refractivity contribution is 8.01. The second-order valence-corrected chi connectivity index (χ2v) is 10.4. The van der Waals surface area contributed by atoms with Crippen LogP contribution in [0.2, 0.25) is 5.02 Å². The molecule has 1 amide bonds. The van der Waals surface area contributed by atoms with E-state index in [0.717, 1.165) is 45.8 Å². The van der Waals surface area contributed by atoms with Gasteiger partial charge in [-0.1, -0.05) is 66.7 Å². The molecule has 8 heteroatoms. The predicted molar refractivity (Wildman–Crippen MR) is 137 cm³/mol. The summed E-state index contributed by atoms with van der Waals surface area (Å²) < 4.78 is 0.819. The molecule has 0 unspecified atom stereocenters. The van der Waals surface area contributed by atoms with E-state index in [1.165, 1.54) is 28.7 Å². The minimum Gasteiger partial charge on any atom is -0.367 e. The molecule has 0 N–H and O–H groups in total. The van der Waals surface area contributed by atoms with Gasteiger partial charge in [-0.05, 0) is 24.1 Å². The number of ketones is 1. The predicted octanol–water partition coefficient (Wildman–Crippen LogP) is 5.23. The van der Waals surface area contributed by atoms with Gasteiger partial charge in [-0.15, -0.1) is 11.3 Å². The number of benzene rings is 2. The van der Waals surface area contributed by atoms with Gasteiger partial charge in [-0.3, -0.25) is 9.59 Å². The molecule has 0 atom stereocenters. The number of rotatable bonds is 8. The molecule has 2 heterocycles. The number of thioether (sulfide) groups is 1. The molecule has 2 aromatic carbocycles. The average molecular weight is 500 g/mol. The van der Waals surface area contributed by atoms with Gasteiger partial charge in [0.05, 0.1) is 28.6 Å². The zero-order valence-electron chi connectivity index (χ0n) is 18.5. The molecule has 5 nitrogen and oxygen atoms in total. The van der Waals surface area contributed by atoms with Crippen molar-refractivity contribution in [1.82, 2.24) is 9.88 Å². The first-order valence-corrected chi connectivity index (χ1v) is 13.2. The molecule has 1 fully saturated rings. The van der Waals surface area contributed by atoms with E-state index in [0.29, 0.717) is 18.8 Å². The topological polar surface area (TPSA) is 53.5 Å². The van der Waals surface area contributed by atoms with E-state index in [-0.39, 0.29) is 18.1 Å². The fourth-order valence-electron chi connectivity index (χ4n) is 3.74. The summed E-state index contributed by atoms with van der Waals surface area (Å²) in [5.41, 5.74) is 3.73. The number of halogens is 1. The van der Waals surface area contributed by atoms with Gasteiger partial charge in [0.1, 0.15) is 0 Å². The lowest BCUT2D eigenvalue weighted by Gasteiger charge is -2.36. The Morgan fingerprint density at radius 2 is 1.79 bits per heavy atom. The first-order chi connectivity index (χ1) is 16.0. The molecule has 4 rings (SSSR count). The summed E-state index contributed by atoms with van der Waals surface area (Å²) in [5.74, 6) is 0.519. The maximum atomic E-state index is 12.8. The molecule has 0 radical (unpaired) electrons. The molecular formula is C25H26ClN3O2S2. The molecular weight excluding hydrogens is 474 g/mol. The number of thiazole rings is 1. The highest BCUT2D eigenvalue weighted by Gasteiger charge is 2.23. The molecule has 0 spiro atoms. The van der Waals surface area contributed by atoms with Crippen LogP contribution in [0.4, 0.5) is 5.69 Å². The van der Waals surface area contributed by atoms with Gasteiger partial charge < -0.3 is 9.80 Å². The van der Waals surface area contributed by atoms with Crippen molar-refractivity contribution >= 4 is 52.1 Å². The summed E-state index contributed by atoms with van der Waals surface area (Å²) in [4.78, 5) is 33.9. The summed E-state index contributed by atoms with van der Waals surface area (Å²) in [5, 5.41) is 2.65. The third-order valence-electron chi connectivity index (χ3n) is 5.70. The van der Waals surface area contributed by atoms with E-state index < -0.39 is 0 Å². The quantitative estimate of drug-likeness (QED) is 0.314. The van der Waals surface area contributed by atoms with Crippen molar-refractivity contribution in [1.29, 1.82) is 0 Å². The van der Waals surface area contributed by atoms with Crippen LogP contribution < -0.4 is 4.90 Å². The molecule has 1 aliphatic rings.